The summed E-state index contributed by atoms with van der Waals surface area (Å²) in [5.74, 6) is 2.74. The minimum atomic E-state index is -0.389. The van der Waals surface area contributed by atoms with E-state index in [-0.39, 0.29) is 33.9 Å². The molecule has 5 nitrogen and oxygen atoms in total. The van der Waals surface area contributed by atoms with Crippen LogP contribution in [0.1, 0.15) is 17.3 Å². The molecule has 2 atom stereocenters. The first-order chi connectivity index (χ1) is 10.9. The zero-order valence-corrected chi connectivity index (χ0v) is 13.6. The van der Waals surface area contributed by atoms with E-state index in [0.29, 0.717) is 6.04 Å². The van der Waals surface area contributed by atoms with Crippen LogP contribution >= 0.6 is 11.8 Å². The fourth-order valence-corrected chi connectivity index (χ4v) is 2.73. The van der Waals surface area contributed by atoms with Gasteiger partial charge in [0.25, 0.3) is 0 Å². The van der Waals surface area contributed by atoms with Crippen molar-refractivity contribution < 1.29 is 15.0 Å². The number of rotatable bonds is 3. The first-order valence-corrected chi connectivity index (χ1v) is 7.89. The second-order valence-corrected chi connectivity index (χ2v) is 5.90. The molecule has 1 saturated heterocycles. The van der Waals surface area contributed by atoms with Crippen molar-refractivity contribution in [1.29, 1.82) is 0 Å². The molecule has 6 heteroatoms. The van der Waals surface area contributed by atoms with Gasteiger partial charge in [-0.1, -0.05) is 30.7 Å². The number of carbonyl (C=O) groups excluding carboxylic acids is 1. The molecule has 0 amide bonds. The van der Waals surface area contributed by atoms with E-state index in [0.717, 1.165) is 5.75 Å². The van der Waals surface area contributed by atoms with Crippen LogP contribution in [0.5, 0.6) is 11.5 Å². The third kappa shape index (κ3) is 5.74. The number of allylic oxidation sites excluding steroid dienone is 2. The predicted octanol–water partition coefficient (Wildman–Crippen LogP) is 2.28. The Morgan fingerprint density at radius 2 is 2.26 bits per heavy atom. The molecule has 0 aromatic heterocycles. The summed E-state index contributed by atoms with van der Waals surface area (Å²) in [6.07, 6.45) is 11.0. The zero-order valence-electron chi connectivity index (χ0n) is 12.8. The van der Waals surface area contributed by atoms with Crippen LogP contribution in [0.2, 0.25) is 0 Å². The average molecular weight is 332 g/mol. The molecular formula is C17H20N2O3S. The van der Waals surface area contributed by atoms with E-state index >= 15 is 0 Å². The van der Waals surface area contributed by atoms with Crippen molar-refractivity contribution in [3.8, 4) is 23.8 Å². The Labute approximate surface area is 140 Å². The molecule has 122 valence electrons. The summed E-state index contributed by atoms with van der Waals surface area (Å²) in [7, 11) is 0. The summed E-state index contributed by atoms with van der Waals surface area (Å²) in [6, 6.07) is 2.91. The number of phenols is 2. The number of hydrogen-bond acceptors (Lipinski definition) is 6. The standard InChI is InChI=1S/C9H11NS.C8H9NO3/c1-3-5-6-8-7-11-9(4-2)10-8;1-4(10)5-2-6(9)8(12)7(11)3-5/h2-3,5-6,8-10H,1,7H2;2-3,11-12H,9H2,1H3/b6-5+;. The number of phenolic OH excluding ortho intramolecular Hbond substituents is 2. The zero-order chi connectivity index (χ0) is 17.4. The molecular weight excluding hydrogens is 312 g/mol. The van der Waals surface area contributed by atoms with Crippen LogP contribution in [0.4, 0.5) is 5.69 Å². The molecule has 0 bridgehead atoms. The number of Topliss-reactive ketones (excluding diaryl/α,β-unsaturated/α-hetero) is 1. The number of carbonyl (C=O) groups is 1. The van der Waals surface area contributed by atoms with E-state index < -0.39 is 0 Å². The fourth-order valence-electron chi connectivity index (χ4n) is 1.75. The number of thioether (sulfide) groups is 1. The number of nitrogens with one attached hydrogen (secondary N) is 1. The van der Waals surface area contributed by atoms with Crippen LogP contribution in [-0.2, 0) is 0 Å². The lowest BCUT2D eigenvalue weighted by Gasteiger charge is -2.03. The highest BCUT2D eigenvalue weighted by atomic mass is 32.2. The summed E-state index contributed by atoms with van der Waals surface area (Å²) in [6.45, 7) is 4.95. The maximum absolute atomic E-state index is 10.8. The van der Waals surface area contributed by atoms with Gasteiger partial charge in [0.05, 0.1) is 5.69 Å². The van der Waals surface area contributed by atoms with Gasteiger partial charge < -0.3 is 15.9 Å². The smallest absolute Gasteiger partial charge is 0.181 e. The highest BCUT2D eigenvalue weighted by Crippen LogP contribution is 2.32. The Kier molecular flexibility index (Phi) is 7.26. The first-order valence-electron chi connectivity index (χ1n) is 6.84. The lowest BCUT2D eigenvalue weighted by atomic mass is 10.1. The van der Waals surface area contributed by atoms with Crippen LogP contribution < -0.4 is 11.1 Å². The van der Waals surface area contributed by atoms with Crippen molar-refractivity contribution >= 4 is 23.2 Å². The van der Waals surface area contributed by atoms with Crippen molar-refractivity contribution in [2.45, 2.75) is 18.3 Å². The van der Waals surface area contributed by atoms with Crippen molar-refractivity contribution in [3.63, 3.8) is 0 Å². The van der Waals surface area contributed by atoms with E-state index in [4.69, 9.17) is 22.4 Å². The van der Waals surface area contributed by atoms with Crippen molar-refractivity contribution in [1.82, 2.24) is 5.32 Å². The molecule has 0 aliphatic carbocycles. The van der Waals surface area contributed by atoms with E-state index in [2.05, 4.69) is 23.9 Å². The van der Waals surface area contributed by atoms with Crippen molar-refractivity contribution in [2.75, 3.05) is 11.5 Å². The Morgan fingerprint density at radius 1 is 1.57 bits per heavy atom. The predicted molar refractivity (Wildman–Crippen MR) is 95.5 cm³/mol. The quantitative estimate of drug-likeness (QED) is 0.223. The van der Waals surface area contributed by atoms with Gasteiger partial charge >= 0.3 is 0 Å². The molecule has 1 aliphatic heterocycles. The Bertz CT molecular complexity index is 627. The summed E-state index contributed by atoms with van der Waals surface area (Å²) in [5, 5.41) is 21.5. The lowest BCUT2D eigenvalue weighted by molar-refractivity contribution is 0.101. The number of ketones is 1. The third-order valence-electron chi connectivity index (χ3n) is 2.96. The number of benzene rings is 1. The summed E-state index contributed by atoms with van der Waals surface area (Å²) in [5.41, 5.74) is 5.58. The molecule has 5 N–H and O–H groups in total. The summed E-state index contributed by atoms with van der Waals surface area (Å²) in [4.78, 5) is 10.8. The van der Waals surface area contributed by atoms with E-state index in [1.54, 1.807) is 17.8 Å². The molecule has 1 aromatic rings. The molecule has 1 aromatic carbocycles. The Morgan fingerprint density at radius 3 is 2.74 bits per heavy atom. The molecule has 0 saturated carbocycles. The molecule has 2 unspecified atom stereocenters. The van der Waals surface area contributed by atoms with Gasteiger partial charge in [-0.2, -0.15) is 0 Å². The van der Waals surface area contributed by atoms with E-state index in [1.807, 2.05) is 6.08 Å². The topological polar surface area (TPSA) is 95.6 Å². The lowest BCUT2D eigenvalue weighted by Crippen LogP contribution is -2.26. The Balaban J connectivity index is 0.000000231. The van der Waals surface area contributed by atoms with Gasteiger partial charge in [-0.15, -0.1) is 18.2 Å². The monoisotopic (exact) mass is 332 g/mol. The molecule has 2 rings (SSSR count). The second-order valence-electron chi connectivity index (χ2n) is 4.76. The maximum Gasteiger partial charge on any atom is 0.181 e. The Hall–Kier alpha value is -2.36. The third-order valence-corrected chi connectivity index (χ3v) is 4.12. The van der Waals surface area contributed by atoms with Crippen LogP contribution in [0.3, 0.4) is 0 Å². The number of nitrogens with two attached hydrogens (primary N) is 1. The van der Waals surface area contributed by atoms with Crippen LogP contribution in [0.15, 0.2) is 36.9 Å². The molecule has 0 radical (unpaired) electrons. The van der Waals surface area contributed by atoms with Crippen molar-refractivity contribution in [2.24, 2.45) is 0 Å². The van der Waals surface area contributed by atoms with E-state index in [1.165, 1.54) is 19.1 Å². The fraction of sp³-hybridized carbons (Fsp3) is 0.235. The number of nitrogen functional groups attached to an aromatic ring is 1. The maximum atomic E-state index is 10.8. The second kappa shape index (κ2) is 8.93. The highest BCUT2D eigenvalue weighted by molar-refractivity contribution is 8.00. The SMILES string of the molecule is C#CC1NC(/C=C/C=C)CS1.CC(=O)c1cc(N)c(O)c(O)c1. The van der Waals surface area contributed by atoms with Gasteiger partial charge in [0, 0.05) is 17.4 Å². The van der Waals surface area contributed by atoms with Gasteiger partial charge in [0.1, 0.15) is 5.37 Å². The van der Waals surface area contributed by atoms with Crippen molar-refractivity contribution in [3.05, 3.63) is 42.5 Å². The van der Waals surface area contributed by atoms with Crippen LogP contribution in [0.25, 0.3) is 0 Å². The molecule has 1 heterocycles. The average Bonchev–Trinajstić information content (AvgIpc) is 2.98. The largest absolute Gasteiger partial charge is 0.504 e. The normalized spacial score (nSPS) is 19.7. The number of aromatic hydroxyl groups is 2. The van der Waals surface area contributed by atoms with E-state index in [9.17, 15) is 4.79 Å². The number of hydrogen-bond donors (Lipinski definition) is 4. The van der Waals surface area contributed by atoms with Gasteiger partial charge in [-0.05, 0) is 19.1 Å². The first kappa shape index (κ1) is 18.7. The van der Waals surface area contributed by atoms with Gasteiger partial charge in [-0.25, -0.2) is 0 Å². The van der Waals surface area contributed by atoms with Gasteiger partial charge in [0.15, 0.2) is 17.3 Å². The van der Waals surface area contributed by atoms with Gasteiger partial charge in [0.2, 0.25) is 0 Å². The molecule has 1 aliphatic rings. The molecule has 23 heavy (non-hydrogen) atoms. The summed E-state index contributed by atoms with van der Waals surface area (Å²) >= 11 is 1.77. The van der Waals surface area contributed by atoms with Crippen LogP contribution in [0, 0.1) is 12.3 Å². The summed E-state index contributed by atoms with van der Waals surface area (Å²) < 4.78 is 0. The number of anilines is 1. The molecule has 0 spiro atoms. The van der Waals surface area contributed by atoms with Gasteiger partial charge in [-0.3, -0.25) is 10.1 Å². The van der Waals surface area contributed by atoms with Crippen LogP contribution in [-0.4, -0.2) is 33.2 Å². The molecule has 1 fully saturated rings. The minimum Gasteiger partial charge on any atom is -0.504 e. The minimum absolute atomic E-state index is 0.000185. The number of terminal acetylenes is 1. The highest BCUT2D eigenvalue weighted by Gasteiger charge is 2.19.